The topological polar surface area (TPSA) is 56.8 Å². The maximum atomic E-state index is 11.8. The van der Waals surface area contributed by atoms with Gasteiger partial charge in [0, 0.05) is 6.08 Å². The summed E-state index contributed by atoms with van der Waals surface area (Å²) in [7, 11) is 3.15. The molecular weight excluding hydrogens is 294 g/mol. The molecule has 120 valence electrons. The summed E-state index contributed by atoms with van der Waals surface area (Å²) < 4.78 is 15.8. The van der Waals surface area contributed by atoms with Gasteiger partial charge in [0.05, 0.1) is 14.2 Å². The summed E-state index contributed by atoms with van der Waals surface area (Å²) in [5, 5.41) is 2.65. The highest BCUT2D eigenvalue weighted by Gasteiger charge is 2.03. The first-order valence-electron chi connectivity index (χ1n) is 7.08. The summed E-state index contributed by atoms with van der Waals surface area (Å²) in [6.45, 7) is 0.110. The number of benzene rings is 2. The number of hydrogen-bond acceptors (Lipinski definition) is 4. The Morgan fingerprint density at radius 2 is 1.78 bits per heavy atom. The van der Waals surface area contributed by atoms with E-state index in [0.717, 1.165) is 5.56 Å². The Kier molecular flexibility index (Phi) is 6.06. The number of methoxy groups -OCH3 is 2. The predicted molar refractivity (Wildman–Crippen MR) is 88.7 cm³/mol. The molecule has 2 aromatic rings. The normalized spacial score (nSPS) is 10.3. The van der Waals surface area contributed by atoms with Gasteiger partial charge in [-0.15, -0.1) is 0 Å². The van der Waals surface area contributed by atoms with Crippen LogP contribution in [0.2, 0.25) is 0 Å². The quantitative estimate of drug-likeness (QED) is 0.631. The van der Waals surface area contributed by atoms with Crippen LogP contribution in [0.25, 0.3) is 6.08 Å². The summed E-state index contributed by atoms with van der Waals surface area (Å²) in [5.41, 5.74) is 0.835. The summed E-state index contributed by atoms with van der Waals surface area (Å²) >= 11 is 0. The molecule has 0 unspecified atom stereocenters. The minimum absolute atomic E-state index is 0.110. The molecule has 5 nitrogen and oxygen atoms in total. The van der Waals surface area contributed by atoms with Gasteiger partial charge in [0.15, 0.2) is 18.2 Å². The molecule has 2 rings (SSSR count). The first kappa shape index (κ1) is 16.4. The Morgan fingerprint density at radius 1 is 1.04 bits per heavy atom. The number of nitrogens with one attached hydrogen (secondary N) is 1. The van der Waals surface area contributed by atoms with Crippen molar-refractivity contribution in [3.63, 3.8) is 0 Å². The average molecular weight is 313 g/mol. The smallest absolute Gasteiger partial charge is 0.246 e. The summed E-state index contributed by atoms with van der Waals surface area (Å²) in [6.07, 6.45) is 3.13. The first-order chi connectivity index (χ1) is 11.2. The highest BCUT2D eigenvalue weighted by molar-refractivity contribution is 5.91. The van der Waals surface area contributed by atoms with Gasteiger partial charge in [-0.05, 0) is 35.9 Å². The van der Waals surface area contributed by atoms with E-state index in [9.17, 15) is 4.79 Å². The maximum absolute atomic E-state index is 11.8. The lowest BCUT2D eigenvalue weighted by molar-refractivity contribution is -0.117. The van der Waals surface area contributed by atoms with Crippen LogP contribution in [-0.4, -0.2) is 26.9 Å². The maximum Gasteiger partial charge on any atom is 0.246 e. The zero-order chi connectivity index (χ0) is 16.5. The van der Waals surface area contributed by atoms with Gasteiger partial charge in [-0.3, -0.25) is 4.79 Å². The fraction of sp³-hybridized carbons (Fsp3) is 0.167. The van der Waals surface area contributed by atoms with Crippen molar-refractivity contribution in [2.45, 2.75) is 0 Å². The molecule has 1 amide bonds. The van der Waals surface area contributed by atoms with Crippen LogP contribution in [0.1, 0.15) is 5.56 Å². The van der Waals surface area contributed by atoms with E-state index in [-0.39, 0.29) is 12.6 Å². The molecule has 0 aromatic heterocycles. The largest absolute Gasteiger partial charge is 0.493 e. The highest BCUT2D eigenvalue weighted by atomic mass is 16.5. The fourth-order valence-electron chi connectivity index (χ4n) is 1.89. The second-order valence-electron chi connectivity index (χ2n) is 4.59. The molecule has 0 aliphatic heterocycles. The van der Waals surface area contributed by atoms with Crippen LogP contribution >= 0.6 is 0 Å². The molecule has 0 spiro atoms. The third kappa shape index (κ3) is 5.07. The van der Waals surface area contributed by atoms with Gasteiger partial charge in [0.1, 0.15) is 5.75 Å². The molecule has 0 radical (unpaired) electrons. The molecule has 0 saturated heterocycles. The van der Waals surface area contributed by atoms with Gasteiger partial charge >= 0.3 is 0 Å². The lowest BCUT2D eigenvalue weighted by Crippen LogP contribution is -2.25. The number of para-hydroxylation sites is 1. The van der Waals surface area contributed by atoms with Crippen molar-refractivity contribution in [2.75, 3.05) is 21.0 Å². The van der Waals surface area contributed by atoms with E-state index in [1.165, 1.54) is 6.08 Å². The monoisotopic (exact) mass is 313 g/mol. The lowest BCUT2D eigenvalue weighted by Gasteiger charge is -2.08. The number of carbonyl (C=O) groups excluding carboxylic acids is 1. The van der Waals surface area contributed by atoms with Gasteiger partial charge in [0.2, 0.25) is 5.91 Å². The van der Waals surface area contributed by atoms with E-state index in [1.54, 1.807) is 32.4 Å². The van der Waals surface area contributed by atoms with Gasteiger partial charge < -0.3 is 19.5 Å². The van der Waals surface area contributed by atoms with Crippen LogP contribution in [0, 0.1) is 0 Å². The molecule has 0 heterocycles. The van der Waals surface area contributed by atoms with Crippen LogP contribution in [0.5, 0.6) is 17.2 Å². The van der Waals surface area contributed by atoms with Crippen molar-refractivity contribution in [2.24, 2.45) is 0 Å². The fourth-order valence-corrected chi connectivity index (χ4v) is 1.89. The van der Waals surface area contributed by atoms with Gasteiger partial charge in [-0.25, -0.2) is 0 Å². The Hall–Kier alpha value is -2.95. The van der Waals surface area contributed by atoms with E-state index >= 15 is 0 Å². The Morgan fingerprint density at radius 3 is 2.48 bits per heavy atom. The van der Waals surface area contributed by atoms with Crippen LogP contribution in [-0.2, 0) is 4.79 Å². The first-order valence-corrected chi connectivity index (χ1v) is 7.08. The molecule has 5 heteroatoms. The van der Waals surface area contributed by atoms with Crippen molar-refractivity contribution in [1.82, 2.24) is 5.32 Å². The van der Waals surface area contributed by atoms with Gasteiger partial charge in [-0.2, -0.15) is 0 Å². The summed E-state index contributed by atoms with van der Waals surface area (Å²) in [6, 6.07) is 14.7. The van der Waals surface area contributed by atoms with Crippen molar-refractivity contribution >= 4 is 12.0 Å². The third-order valence-corrected chi connectivity index (χ3v) is 3.06. The zero-order valence-corrected chi connectivity index (χ0v) is 13.1. The number of hydrogen-bond donors (Lipinski definition) is 1. The second kappa shape index (κ2) is 8.48. The van der Waals surface area contributed by atoms with E-state index in [1.807, 2.05) is 36.4 Å². The molecule has 0 atom stereocenters. The molecule has 0 aliphatic rings. The number of rotatable bonds is 7. The number of ether oxygens (including phenoxy) is 3. The molecule has 0 saturated carbocycles. The van der Waals surface area contributed by atoms with Crippen molar-refractivity contribution in [3.05, 3.63) is 60.2 Å². The molecule has 23 heavy (non-hydrogen) atoms. The van der Waals surface area contributed by atoms with E-state index < -0.39 is 0 Å². The van der Waals surface area contributed by atoms with Crippen molar-refractivity contribution < 1.29 is 19.0 Å². The van der Waals surface area contributed by atoms with E-state index in [4.69, 9.17) is 14.2 Å². The van der Waals surface area contributed by atoms with Crippen LogP contribution in [0.4, 0.5) is 0 Å². The average Bonchev–Trinajstić information content (AvgIpc) is 2.60. The van der Waals surface area contributed by atoms with Crippen LogP contribution in [0.3, 0.4) is 0 Å². The van der Waals surface area contributed by atoms with Crippen molar-refractivity contribution in [3.8, 4) is 17.2 Å². The SMILES string of the molecule is COc1ccc(C=CC(=O)NCOc2ccccc2)cc1OC. The Labute approximate surface area is 135 Å². The minimum Gasteiger partial charge on any atom is -0.493 e. The summed E-state index contributed by atoms with van der Waals surface area (Å²) in [5.74, 6) is 1.72. The van der Waals surface area contributed by atoms with E-state index in [2.05, 4.69) is 5.32 Å². The minimum atomic E-state index is -0.240. The molecule has 2 aromatic carbocycles. The third-order valence-electron chi connectivity index (χ3n) is 3.06. The number of carbonyl (C=O) groups is 1. The Balaban J connectivity index is 1.86. The number of amides is 1. The lowest BCUT2D eigenvalue weighted by atomic mass is 10.2. The van der Waals surface area contributed by atoms with Crippen LogP contribution in [0.15, 0.2) is 54.6 Å². The van der Waals surface area contributed by atoms with Gasteiger partial charge in [0.25, 0.3) is 0 Å². The van der Waals surface area contributed by atoms with E-state index in [0.29, 0.717) is 17.2 Å². The van der Waals surface area contributed by atoms with Crippen LogP contribution < -0.4 is 19.5 Å². The molecular formula is C18H19NO4. The Bertz CT molecular complexity index is 668. The molecule has 0 fully saturated rings. The molecule has 1 N–H and O–H groups in total. The summed E-state index contributed by atoms with van der Waals surface area (Å²) in [4.78, 5) is 11.8. The standard InChI is InChI=1S/C18H19NO4/c1-21-16-10-8-14(12-17(16)22-2)9-11-18(20)19-13-23-15-6-4-3-5-7-15/h3-12H,13H2,1-2H3,(H,19,20). The van der Waals surface area contributed by atoms with Gasteiger partial charge in [-0.1, -0.05) is 24.3 Å². The molecule has 0 aliphatic carbocycles. The zero-order valence-electron chi connectivity index (χ0n) is 13.1. The molecule has 0 bridgehead atoms. The highest BCUT2D eigenvalue weighted by Crippen LogP contribution is 2.27. The second-order valence-corrected chi connectivity index (χ2v) is 4.59. The predicted octanol–water partition coefficient (Wildman–Crippen LogP) is 2.87. The van der Waals surface area contributed by atoms with Crippen molar-refractivity contribution in [1.29, 1.82) is 0 Å².